The van der Waals surface area contributed by atoms with Crippen LogP contribution in [0.15, 0.2) is 194 Å². The maximum Gasteiger partial charge on any atom is 0.503 e. The highest BCUT2D eigenvalue weighted by molar-refractivity contribution is 6.11. The van der Waals surface area contributed by atoms with E-state index in [9.17, 15) is 0 Å². The maximum absolute atomic E-state index is 7.09. The molecule has 0 bridgehead atoms. The van der Waals surface area contributed by atoms with Crippen molar-refractivity contribution in [2.45, 2.75) is 26.2 Å². The number of hydrogen-bond acceptors (Lipinski definition) is 5. The van der Waals surface area contributed by atoms with Gasteiger partial charge in [-0.2, -0.15) is 0 Å². The Kier molecular flexibility index (Phi) is 9.15. The summed E-state index contributed by atoms with van der Waals surface area (Å²) in [6, 6.07) is 67.6. The van der Waals surface area contributed by atoms with Gasteiger partial charge in [0.05, 0.1) is 22.7 Å². The number of ether oxygens (including phenoxy) is 1. The lowest BCUT2D eigenvalue weighted by Crippen LogP contribution is -2.11. The van der Waals surface area contributed by atoms with Gasteiger partial charge in [0.1, 0.15) is 17.3 Å². The molecular formula is C55H41N7O+2. The Hall–Kier alpha value is -8.32. The van der Waals surface area contributed by atoms with Crippen LogP contribution < -0.4 is 13.9 Å². The van der Waals surface area contributed by atoms with Gasteiger partial charge in [0.25, 0.3) is 11.4 Å². The van der Waals surface area contributed by atoms with E-state index < -0.39 is 0 Å². The molecule has 0 spiro atoms. The minimum Gasteiger partial charge on any atom is -0.456 e. The molecule has 0 N–H and O–H groups in total. The van der Waals surface area contributed by atoms with Crippen LogP contribution in [0.5, 0.6) is 11.5 Å². The summed E-state index contributed by atoms with van der Waals surface area (Å²) < 4.78 is 13.5. The second-order valence-electron chi connectivity index (χ2n) is 16.6. The molecule has 0 saturated carbocycles. The molecule has 0 unspecified atom stereocenters. The molecular weight excluding hydrogens is 775 g/mol. The number of nitrogens with zero attached hydrogens (tertiary/aromatic N) is 7. The standard InChI is InChI=1S/C55H41N7O/c1-55(2,3)39-28-30-40(31-29-39)60-36-61(48-26-13-12-25-47(48)60)41-21-16-22-42(33-41)63-50-35-49-44(43-23-10-11-24-46(43)62(49)51-27-14-15-32-56-51)34-45(50)54-58-52(37-17-6-4-7-18-37)57-53(59-54)38-19-8-5-9-20-38/h4-35H,1-3H3/q+2. The van der Waals surface area contributed by atoms with E-state index in [-0.39, 0.29) is 5.41 Å². The summed E-state index contributed by atoms with van der Waals surface area (Å²) in [6.07, 6.45) is 1.82. The molecule has 0 fully saturated rings. The van der Waals surface area contributed by atoms with Gasteiger partial charge in [-0.1, -0.05) is 136 Å². The molecule has 4 heterocycles. The second-order valence-corrected chi connectivity index (χ2v) is 16.6. The molecule has 10 aromatic rings. The van der Waals surface area contributed by atoms with E-state index in [2.05, 4.69) is 138 Å². The Morgan fingerprint density at radius 2 is 1.13 bits per heavy atom. The van der Waals surface area contributed by atoms with Gasteiger partial charge in [-0.05, 0) is 50.5 Å². The molecule has 1 aliphatic rings. The zero-order valence-corrected chi connectivity index (χ0v) is 35.0. The van der Waals surface area contributed by atoms with Gasteiger partial charge < -0.3 is 4.74 Å². The van der Waals surface area contributed by atoms with E-state index in [1.165, 1.54) is 5.56 Å². The van der Waals surface area contributed by atoms with Crippen molar-refractivity contribution in [2.75, 3.05) is 0 Å². The van der Waals surface area contributed by atoms with Gasteiger partial charge in [0, 0.05) is 64.5 Å². The van der Waals surface area contributed by atoms with Gasteiger partial charge in [0.15, 0.2) is 17.5 Å². The van der Waals surface area contributed by atoms with E-state index >= 15 is 0 Å². The van der Waals surface area contributed by atoms with Crippen molar-refractivity contribution in [3.63, 3.8) is 0 Å². The van der Waals surface area contributed by atoms with Crippen LogP contribution in [0, 0.1) is 0 Å². The van der Waals surface area contributed by atoms with E-state index in [1.54, 1.807) is 0 Å². The first-order chi connectivity index (χ1) is 30.9. The minimum absolute atomic E-state index is 0.0542. The molecule has 0 amide bonds. The molecule has 7 aromatic carbocycles. The predicted molar refractivity (Wildman–Crippen MR) is 254 cm³/mol. The Labute approximate surface area is 365 Å². The fourth-order valence-electron chi connectivity index (χ4n) is 8.28. The van der Waals surface area contributed by atoms with Crippen LogP contribution in [0.4, 0.5) is 22.7 Å². The number of fused-ring (bicyclic) bond motifs is 4. The molecule has 3 aromatic heterocycles. The minimum atomic E-state index is 0.0542. The highest BCUT2D eigenvalue weighted by Crippen LogP contribution is 2.43. The number of hydrogen-bond donors (Lipinski definition) is 0. The lowest BCUT2D eigenvalue weighted by atomic mass is 9.87. The molecule has 11 rings (SSSR count). The van der Waals surface area contributed by atoms with Crippen molar-refractivity contribution in [3.05, 3.63) is 200 Å². The fourth-order valence-corrected chi connectivity index (χ4v) is 8.28. The summed E-state index contributed by atoms with van der Waals surface area (Å²) in [5, 5.41) is 2.09. The van der Waals surface area contributed by atoms with Crippen molar-refractivity contribution >= 4 is 50.6 Å². The first-order valence-corrected chi connectivity index (χ1v) is 21.1. The van der Waals surface area contributed by atoms with Gasteiger partial charge in [0.2, 0.25) is 11.4 Å². The van der Waals surface area contributed by atoms with Crippen molar-refractivity contribution in [1.29, 1.82) is 0 Å². The number of pyridine rings is 1. The van der Waals surface area contributed by atoms with Crippen molar-refractivity contribution in [3.8, 4) is 51.5 Å². The highest BCUT2D eigenvalue weighted by Gasteiger charge is 2.36. The number of benzene rings is 7. The van der Waals surface area contributed by atoms with E-state index in [0.717, 1.165) is 67.1 Å². The summed E-state index contributed by atoms with van der Waals surface area (Å²) in [4.78, 5) is 20.1. The third kappa shape index (κ3) is 6.94. The van der Waals surface area contributed by atoms with E-state index in [4.69, 9.17) is 24.7 Å². The zero-order valence-electron chi connectivity index (χ0n) is 35.0. The molecule has 63 heavy (non-hydrogen) atoms. The second kappa shape index (κ2) is 15.3. The third-order valence-corrected chi connectivity index (χ3v) is 11.5. The quantitative estimate of drug-likeness (QED) is 0.143. The lowest BCUT2D eigenvalue weighted by molar-refractivity contribution is 0.484. The average molecular weight is 816 g/mol. The smallest absolute Gasteiger partial charge is 0.456 e. The van der Waals surface area contributed by atoms with Crippen molar-refractivity contribution in [1.82, 2.24) is 33.7 Å². The lowest BCUT2D eigenvalue weighted by Gasteiger charge is -2.18. The molecule has 1 aliphatic heterocycles. The molecule has 8 nitrogen and oxygen atoms in total. The van der Waals surface area contributed by atoms with Gasteiger partial charge in [-0.25, -0.2) is 19.9 Å². The maximum atomic E-state index is 7.09. The largest absolute Gasteiger partial charge is 0.503 e. The summed E-state index contributed by atoms with van der Waals surface area (Å²) in [5.74, 6) is 3.66. The summed E-state index contributed by atoms with van der Waals surface area (Å²) in [5.41, 5.74) is 9.80. The van der Waals surface area contributed by atoms with Crippen LogP contribution >= 0.6 is 0 Å². The molecule has 8 heteroatoms. The van der Waals surface area contributed by atoms with Crippen LogP contribution in [-0.2, 0) is 5.41 Å². The molecule has 0 radical (unpaired) electrons. The highest BCUT2D eigenvalue weighted by atomic mass is 16.5. The number of aromatic nitrogens is 5. The fraction of sp³-hybridized carbons (Fsp3) is 0.0727. The molecule has 300 valence electrons. The van der Waals surface area contributed by atoms with Crippen LogP contribution in [0.3, 0.4) is 0 Å². The van der Waals surface area contributed by atoms with Gasteiger partial charge >= 0.3 is 6.01 Å². The third-order valence-electron chi connectivity index (χ3n) is 11.5. The Morgan fingerprint density at radius 3 is 1.79 bits per heavy atom. The number of rotatable bonds is 8. The summed E-state index contributed by atoms with van der Waals surface area (Å²) in [7, 11) is 0. The monoisotopic (exact) mass is 815 g/mol. The average Bonchev–Trinajstić information content (AvgIpc) is 3.88. The predicted octanol–water partition coefficient (Wildman–Crippen LogP) is 13.3. The zero-order chi connectivity index (χ0) is 42.5. The van der Waals surface area contributed by atoms with Crippen molar-refractivity contribution < 1.29 is 4.74 Å². The van der Waals surface area contributed by atoms with Crippen LogP contribution in [-0.4, -0.2) is 30.5 Å². The van der Waals surface area contributed by atoms with Crippen LogP contribution in [0.1, 0.15) is 26.3 Å². The molecule has 0 saturated heterocycles. The van der Waals surface area contributed by atoms with E-state index in [1.807, 2.05) is 97.2 Å². The van der Waals surface area contributed by atoms with E-state index in [0.29, 0.717) is 29.0 Å². The Balaban J connectivity index is 1.10. The summed E-state index contributed by atoms with van der Waals surface area (Å²) >= 11 is 0. The molecule has 0 atom stereocenters. The van der Waals surface area contributed by atoms with Gasteiger partial charge in [-0.15, -0.1) is 0 Å². The first-order valence-electron chi connectivity index (χ1n) is 21.1. The summed E-state index contributed by atoms with van der Waals surface area (Å²) in [6.45, 7) is 6.70. The van der Waals surface area contributed by atoms with Crippen molar-refractivity contribution in [2.24, 2.45) is 0 Å². The normalized spacial score (nSPS) is 12.3. The van der Waals surface area contributed by atoms with Crippen LogP contribution in [0.25, 0.3) is 61.8 Å². The number of para-hydroxylation sites is 3. The van der Waals surface area contributed by atoms with Crippen LogP contribution in [0.2, 0.25) is 0 Å². The SMILES string of the molecule is CC(C)(C)c1ccc([N+]2=C=[N+](c3cccc(Oc4cc5c(cc4-c4nc(-c6ccccc6)nc(-c6ccccc6)n4)c4ccccc4n5-c4ccccn4)c3)c3ccccc32)cc1. The molecule has 0 aliphatic carbocycles. The van der Waals surface area contributed by atoms with Gasteiger partial charge in [-0.3, -0.25) is 4.57 Å². The first kappa shape index (κ1) is 37.7. The Morgan fingerprint density at radius 1 is 0.508 bits per heavy atom. The topological polar surface area (TPSA) is 71.7 Å². The Bertz CT molecular complexity index is 3360.